The number of ketones is 1. The van der Waals surface area contributed by atoms with Gasteiger partial charge in [-0.1, -0.05) is 0 Å². The Labute approximate surface area is 131 Å². The van der Waals surface area contributed by atoms with Gasteiger partial charge in [-0.15, -0.1) is 12.4 Å². The van der Waals surface area contributed by atoms with Crippen LogP contribution in [0.25, 0.3) is 0 Å². The summed E-state index contributed by atoms with van der Waals surface area (Å²) in [7, 11) is 0. The van der Waals surface area contributed by atoms with E-state index in [1.807, 2.05) is 6.92 Å². The number of carbonyl (C=O) groups is 2. The van der Waals surface area contributed by atoms with E-state index >= 15 is 0 Å². The molecule has 0 fully saturated rings. The Hall–Kier alpha value is -1.59. The van der Waals surface area contributed by atoms with Gasteiger partial charge >= 0.3 is 5.97 Å². The molecule has 0 radical (unpaired) electrons. The molecule has 1 N–H and O–H groups in total. The number of nitrogens with one attached hydrogen (secondary N) is 1. The molecule has 1 aromatic carbocycles. The predicted molar refractivity (Wildman–Crippen MR) is 83.3 cm³/mol. The van der Waals surface area contributed by atoms with Crippen molar-refractivity contribution in [1.29, 1.82) is 0 Å². The summed E-state index contributed by atoms with van der Waals surface area (Å²) in [5.74, 6) is 0.481. The van der Waals surface area contributed by atoms with Gasteiger partial charge < -0.3 is 14.8 Å². The maximum Gasteiger partial charge on any atom is 0.319 e. The summed E-state index contributed by atoms with van der Waals surface area (Å²) in [6, 6.07) is 7.06. The highest BCUT2D eigenvalue weighted by atomic mass is 35.5. The molecule has 0 aliphatic rings. The topological polar surface area (TPSA) is 64.6 Å². The molecule has 0 aromatic heterocycles. The first-order chi connectivity index (χ1) is 9.67. The van der Waals surface area contributed by atoms with Crippen molar-refractivity contribution >= 4 is 24.2 Å². The first kappa shape index (κ1) is 19.4. The largest absolute Gasteiger partial charge is 0.494 e. The number of halogens is 1. The molecule has 0 spiro atoms. The molecule has 0 amide bonds. The predicted octanol–water partition coefficient (Wildman–Crippen LogP) is 2.23. The minimum atomic E-state index is -0.305. The number of ether oxygens (including phenoxy) is 2. The third kappa shape index (κ3) is 7.68. The maximum atomic E-state index is 11.9. The summed E-state index contributed by atoms with van der Waals surface area (Å²) >= 11 is 0. The summed E-state index contributed by atoms with van der Waals surface area (Å²) in [4.78, 5) is 23.0. The van der Waals surface area contributed by atoms with E-state index in [0.717, 1.165) is 5.75 Å². The second-order valence-electron chi connectivity index (χ2n) is 4.11. The zero-order chi connectivity index (χ0) is 14.8. The lowest BCUT2D eigenvalue weighted by Crippen LogP contribution is -2.26. The van der Waals surface area contributed by atoms with Gasteiger partial charge in [-0.25, -0.2) is 0 Å². The first-order valence-electron chi connectivity index (χ1n) is 6.79. The highest BCUT2D eigenvalue weighted by Gasteiger charge is 2.06. The molecule has 1 rings (SSSR count). The normalized spacial score (nSPS) is 9.62. The highest BCUT2D eigenvalue weighted by Crippen LogP contribution is 2.13. The summed E-state index contributed by atoms with van der Waals surface area (Å²) in [5.41, 5.74) is 0.645. The molecular weight excluding hydrogens is 294 g/mol. The minimum absolute atomic E-state index is 0. The van der Waals surface area contributed by atoms with Gasteiger partial charge in [0, 0.05) is 18.5 Å². The van der Waals surface area contributed by atoms with E-state index in [9.17, 15) is 9.59 Å². The zero-order valence-corrected chi connectivity index (χ0v) is 13.2. The Kier molecular flexibility index (Phi) is 10.3. The molecule has 0 unspecified atom stereocenters. The number of hydrogen-bond acceptors (Lipinski definition) is 5. The van der Waals surface area contributed by atoms with Gasteiger partial charge in [-0.05, 0) is 38.1 Å². The summed E-state index contributed by atoms with van der Waals surface area (Å²) < 4.78 is 10.1. The number of rotatable bonds is 9. The lowest BCUT2D eigenvalue weighted by atomic mass is 10.1. The van der Waals surface area contributed by atoms with Gasteiger partial charge in [0.25, 0.3) is 0 Å². The quantitative estimate of drug-likeness (QED) is 0.430. The van der Waals surface area contributed by atoms with E-state index in [4.69, 9.17) is 9.47 Å². The molecule has 0 saturated carbocycles. The molecule has 5 nitrogen and oxygen atoms in total. The molecule has 0 saturated heterocycles. The van der Waals surface area contributed by atoms with E-state index < -0.39 is 0 Å². The minimum Gasteiger partial charge on any atom is -0.494 e. The lowest BCUT2D eigenvalue weighted by molar-refractivity contribution is -0.141. The molecule has 21 heavy (non-hydrogen) atoms. The zero-order valence-electron chi connectivity index (χ0n) is 12.4. The number of carbonyl (C=O) groups excluding carboxylic acids is 2. The van der Waals surface area contributed by atoms with E-state index in [1.165, 1.54) is 0 Å². The Bertz CT molecular complexity index is 434. The smallest absolute Gasteiger partial charge is 0.319 e. The van der Waals surface area contributed by atoms with Crippen molar-refractivity contribution in [2.24, 2.45) is 0 Å². The van der Waals surface area contributed by atoms with E-state index in [-0.39, 0.29) is 30.7 Å². The van der Waals surface area contributed by atoms with Crippen molar-refractivity contribution in [2.75, 3.05) is 26.3 Å². The molecular formula is C15H22ClNO4. The Morgan fingerprint density at radius 2 is 1.76 bits per heavy atom. The number of Topliss-reactive ketones (excluding diaryl/α,β-unsaturated/α-hetero) is 1. The Morgan fingerprint density at radius 1 is 1.10 bits per heavy atom. The van der Waals surface area contributed by atoms with Gasteiger partial charge in [-0.3, -0.25) is 9.59 Å². The van der Waals surface area contributed by atoms with Crippen LogP contribution in [0.3, 0.4) is 0 Å². The van der Waals surface area contributed by atoms with E-state index in [1.54, 1.807) is 31.2 Å². The van der Waals surface area contributed by atoms with Crippen molar-refractivity contribution in [3.63, 3.8) is 0 Å². The van der Waals surface area contributed by atoms with Crippen LogP contribution in [-0.4, -0.2) is 38.1 Å². The van der Waals surface area contributed by atoms with Crippen molar-refractivity contribution < 1.29 is 19.1 Å². The summed E-state index contributed by atoms with van der Waals surface area (Å²) in [6.07, 6.45) is 0.341. The molecule has 0 heterocycles. The molecule has 1 aromatic rings. The third-order valence-corrected chi connectivity index (χ3v) is 2.59. The van der Waals surface area contributed by atoms with Crippen molar-refractivity contribution in [3.8, 4) is 5.75 Å². The second-order valence-corrected chi connectivity index (χ2v) is 4.11. The number of hydrogen-bond donors (Lipinski definition) is 1. The van der Waals surface area contributed by atoms with Crippen LogP contribution in [0.2, 0.25) is 0 Å². The maximum absolute atomic E-state index is 11.9. The Morgan fingerprint density at radius 3 is 2.33 bits per heavy atom. The average molecular weight is 316 g/mol. The molecule has 0 aliphatic carbocycles. The van der Waals surface area contributed by atoms with Crippen LogP contribution in [0.4, 0.5) is 0 Å². The van der Waals surface area contributed by atoms with Crippen LogP contribution < -0.4 is 10.1 Å². The highest BCUT2D eigenvalue weighted by molar-refractivity contribution is 5.96. The summed E-state index contributed by atoms with van der Waals surface area (Å²) in [5, 5.41) is 2.88. The third-order valence-electron chi connectivity index (χ3n) is 2.59. The van der Waals surface area contributed by atoms with Crippen LogP contribution in [0, 0.1) is 0 Å². The average Bonchev–Trinajstić information content (AvgIpc) is 2.45. The second kappa shape index (κ2) is 11.1. The standard InChI is InChI=1S/C15H21NO4.ClH/c1-3-19-13-7-5-12(6-8-13)14(17)9-10-16-11-15(18)20-4-2;/h5-8,16H,3-4,9-11H2,1-2H3;1H. The van der Waals surface area contributed by atoms with Crippen molar-refractivity contribution in [3.05, 3.63) is 29.8 Å². The Balaban J connectivity index is 0.00000400. The van der Waals surface area contributed by atoms with Gasteiger partial charge in [0.2, 0.25) is 0 Å². The van der Waals surface area contributed by atoms with Gasteiger partial charge in [-0.2, -0.15) is 0 Å². The molecule has 0 atom stereocenters. The van der Waals surface area contributed by atoms with Crippen molar-refractivity contribution in [1.82, 2.24) is 5.32 Å². The van der Waals surface area contributed by atoms with E-state index in [0.29, 0.717) is 31.7 Å². The molecule has 118 valence electrons. The van der Waals surface area contributed by atoms with Crippen LogP contribution >= 0.6 is 12.4 Å². The van der Waals surface area contributed by atoms with Crippen LogP contribution in [0.1, 0.15) is 30.6 Å². The SMILES string of the molecule is CCOC(=O)CNCCC(=O)c1ccc(OCC)cc1.Cl. The van der Waals surface area contributed by atoms with Crippen LogP contribution in [0.15, 0.2) is 24.3 Å². The molecule has 6 heteroatoms. The van der Waals surface area contributed by atoms with E-state index in [2.05, 4.69) is 5.32 Å². The molecule has 0 aliphatic heterocycles. The van der Waals surface area contributed by atoms with Crippen LogP contribution in [0.5, 0.6) is 5.75 Å². The fraction of sp³-hybridized carbons (Fsp3) is 0.467. The van der Waals surface area contributed by atoms with Gasteiger partial charge in [0.15, 0.2) is 5.78 Å². The van der Waals surface area contributed by atoms with Crippen molar-refractivity contribution in [2.45, 2.75) is 20.3 Å². The van der Waals surface area contributed by atoms with Crippen LogP contribution in [-0.2, 0) is 9.53 Å². The van der Waals surface area contributed by atoms with Gasteiger partial charge in [0.05, 0.1) is 19.8 Å². The summed E-state index contributed by atoms with van der Waals surface area (Å²) in [6.45, 7) is 5.22. The fourth-order valence-corrected chi connectivity index (χ4v) is 1.65. The fourth-order valence-electron chi connectivity index (χ4n) is 1.65. The number of esters is 1. The van der Waals surface area contributed by atoms with Gasteiger partial charge in [0.1, 0.15) is 5.75 Å². The number of benzene rings is 1. The first-order valence-corrected chi connectivity index (χ1v) is 6.79. The monoisotopic (exact) mass is 315 g/mol. The molecule has 0 bridgehead atoms. The lowest BCUT2D eigenvalue weighted by Gasteiger charge is -2.06.